The van der Waals surface area contributed by atoms with E-state index in [1.54, 1.807) is 6.92 Å². The summed E-state index contributed by atoms with van der Waals surface area (Å²) in [6.07, 6.45) is 7.93. The Morgan fingerprint density at radius 3 is 1.74 bits per heavy atom. The number of fused-ring (bicyclic) bond motifs is 2. The van der Waals surface area contributed by atoms with Gasteiger partial charge in [0.1, 0.15) is 26.4 Å². The second-order valence-electron chi connectivity index (χ2n) is 8.94. The summed E-state index contributed by atoms with van der Waals surface area (Å²) >= 11 is 0. The Kier molecular flexibility index (Phi) is 18.9. The maximum atomic E-state index is 11.6. The van der Waals surface area contributed by atoms with Crippen molar-refractivity contribution in [3.8, 4) is 0 Å². The van der Waals surface area contributed by atoms with Crippen molar-refractivity contribution in [1.29, 1.82) is 0 Å². The van der Waals surface area contributed by atoms with Crippen LogP contribution in [0.5, 0.6) is 0 Å². The fraction of sp³-hybridized carbons (Fsp3) is 0.704. The first-order valence-corrected chi connectivity index (χ1v) is 13.4. The Morgan fingerprint density at radius 1 is 0.744 bits per heavy atom. The van der Waals surface area contributed by atoms with E-state index in [2.05, 4.69) is 28.5 Å². The minimum Gasteiger partial charge on any atom is -0.460 e. The molecule has 2 rings (SSSR count). The number of carbonyl (C=O) groups excluding carboxylic acids is 4. The van der Waals surface area contributed by atoms with E-state index in [9.17, 15) is 19.2 Å². The molecule has 0 aromatic carbocycles. The van der Waals surface area contributed by atoms with Crippen molar-refractivity contribution in [3.05, 3.63) is 25.3 Å². The SMILES string of the molecule is C=CC(=O)OCCOCCOC(=O)NCC.C=CC(=O)OCCOCCOC(=O)NCC1CC2CCCC1C2.[HH].[HH]. The Hall–Kier alpha value is -3.12. The molecule has 2 bridgehead atoms. The molecule has 2 aliphatic carbocycles. The summed E-state index contributed by atoms with van der Waals surface area (Å²) in [4.78, 5) is 43.8. The predicted octanol–water partition coefficient (Wildman–Crippen LogP) is 3.26. The van der Waals surface area contributed by atoms with Crippen LogP contribution in [0.4, 0.5) is 9.59 Å². The zero-order chi connectivity index (χ0) is 28.7. The highest BCUT2D eigenvalue weighted by Crippen LogP contribution is 2.45. The maximum Gasteiger partial charge on any atom is 0.407 e. The third-order valence-electron chi connectivity index (χ3n) is 6.15. The number of nitrogens with one attached hydrogen (secondary N) is 2. The molecule has 2 aliphatic rings. The molecule has 0 aromatic rings. The second-order valence-corrected chi connectivity index (χ2v) is 8.94. The van der Waals surface area contributed by atoms with E-state index in [1.165, 1.54) is 32.1 Å². The van der Waals surface area contributed by atoms with Gasteiger partial charge >= 0.3 is 24.1 Å². The van der Waals surface area contributed by atoms with Crippen molar-refractivity contribution in [1.82, 2.24) is 10.6 Å². The molecular weight excluding hydrogens is 512 g/mol. The fourth-order valence-corrected chi connectivity index (χ4v) is 4.42. The topological polar surface area (TPSA) is 148 Å². The minimum absolute atomic E-state index is 0. The first-order chi connectivity index (χ1) is 18.9. The van der Waals surface area contributed by atoms with Crippen LogP contribution in [0.15, 0.2) is 25.3 Å². The molecular formula is C27H48N2O10. The lowest BCUT2D eigenvalue weighted by Crippen LogP contribution is -2.32. The van der Waals surface area contributed by atoms with Gasteiger partial charge in [-0.05, 0) is 37.5 Å². The third kappa shape index (κ3) is 17.2. The molecule has 12 heteroatoms. The number of amides is 2. The first-order valence-electron chi connectivity index (χ1n) is 13.4. The number of ether oxygens (including phenoxy) is 6. The molecule has 0 spiro atoms. The van der Waals surface area contributed by atoms with E-state index < -0.39 is 18.0 Å². The van der Waals surface area contributed by atoms with Gasteiger partial charge in [0, 0.05) is 28.1 Å². The van der Waals surface area contributed by atoms with Gasteiger partial charge in [-0.15, -0.1) is 0 Å². The van der Waals surface area contributed by atoms with Crippen LogP contribution in [0.3, 0.4) is 0 Å². The van der Waals surface area contributed by atoms with Gasteiger partial charge in [-0.25, -0.2) is 19.2 Å². The van der Waals surface area contributed by atoms with Crippen molar-refractivity contribution in [2.45, 2.75) is 39.0 Å². The highest BCUT2D eigenvalue weighted by molar-refractivity contribution is 5.81. The largest absolute Gasteiger partial charge is 0.460 e. The Balaban J connectivity index is 0. The van der Waals surface area contributed by atoms with E-state index in [0.717, 1.165) is 30.5 Å². The van der Waals surface area contributed by atoms with Crippen LogP contribution in [0.2, 0.25) is 0 Å². The highest BCUT2D eigenvalue weighted by atomic mass is 16.6. The van der Waals surface area contributed by atoms with Gasteiger partial charge in [0.15, 0.2) is 0 Å². The van der Waals surface area contributed by atoms with Gasteiger partial charge < -0.3 is 39.1 Å². The molecule has 0 saturated heterocycles. The Bertz CT molecular complexity index is 772. The lowest BCUT2D eigenvalue weighted by atomic mass is 9.87. The van der Waals surface area contributed by atoms with E-state index in [4.69, 9.17) is 23.7 Å². The molecule has 2 amide bonds. The molecule has 3 unspecified atom stereocenters. The van der Waals surface area contributed by atoms with Crippen LogP contribution in [0.25, 0.3) is 0 Å². The van der Waals surface area contributed by atoms with Gasteiger partial charge in [0.05, 0.1) is 26.4 Å². The highest BCUT2D eigenvalue weighted by Gasteiger charge is 2.36. The molecule has 3 atom stereocenters. The van der Waals surface area contributed by atoms with Crippen LogP contribution >= 0.6 is 0 Å². The van der Waals surface area contributed by atoms with Gasteiger partial charge in [-0.1, -0.05) is 32.4 Å². The van der Waals surface area contributed by atoms with Crippen molar-refractivity contribution in [2.75, 3.05) is 65.9 Å². The van der Waals surface area contributed by atoms with Crippen molar-refractivity contribution < 1.29 is 50.5 Å². The summed E-state index contributed by atoms with van der Waals surface area (Å²) in [5, 5.41) is 5.34. The average Bonchev–Trinajstić information content (AvgIpc) is 3.22. The predicted molar refractivity (Wildman–Crippen MR) is 146 cm³/mol. The summed E-state index contributed by atoms with van der Waals surface area (Å²) in [7, 11) is 0. The molecule has 2 N–H and O–H groups in total. The summed E-state index contributed by atoms with van der Waals surface area (Å²) in [6, 6.07) is 0. The van der Waals surface area contributed by atoms with Gasteiger partial charge in [-0.2, -0.15) is 0 Å². The summed E-state index contributed by atoms with van der Waals surface area (Å²) in [6.45, 7) is 11.4. The van der Waals surface area contributed by atoms with Crippen molar-refractivity contribution >= 4 is 24.1 Å². The fourth-order valence-electron chi connectivity index (χ4n) is 4.42. The van der Waals surface area contributed by atoms with E-state index in [1.807, 2.05) is 0 Å². The zero-order valence-electron chi connectivity index (χ0n) is 23.0. The molecule has 0 radical (unpaired) electrons. The van der Waals surface area contributed by atoms with Crippen molar-refractivity contribution in [3.63, 3.8) is 0 Å². The van der Waals surface area contributed by atoms with Crippen molar-refractivity contribution in [2.24, 2.45) is 17.8 Å². The minimum atomic E-state index is -0.484. The number of esters is 2. The van der Waals surface area contributed by atoms with E-state index >= 15 is 0 Å². The lowest BCUT2D eigenvalue weighted by molar-refractivity contribution is -0.140. The van der Waals surface area contributed by atoms with Crippen LogP contribution in [0, 0.1) is 17.8 Å². The smallest absolute Gasteiger partial charge is 0.407 e. The molecule has 2 fully saturated rings. The third-order valence-corrected chi connectivity index (χ3v) is 6.15. The zero-order valence-corrected chi connectivity index (χ0v) is 23.0. The maximum absolute atomic E-state index is 11.6. The van der Waals surface area contributed by atoms with Gasteiger partial charge in [0.2, 0.25) is 0 Å². The molecule has 39 heavy (non-hydrogen) atoms. The van der Waals surface area contributed by atoms with Crippen LogP contribution in [-0.4, -0.2) is 90.1 Å². The van der Waals surface area contributed by atoms with Gasteiger partial charge in [-0.3, -0.25) is 0 Å². The number of rotatable bonds is 17. The monoisotopic (exact) mass is 560 g/mol. The average molecular weight is 561 g/mol. The quantitative estimate of drug-likeness (QED) is 0.118. The first kappa shape index (κ1) is 33.9. The summed E-state index contributed by atoms with van der Waals surface area (Å²) in [5.74, 6) is 1.32. The van der Waals surface area contributed by atoms with Crippen LogP contribution in [0.1, 0.15) is 41.9 Å². The van der Waals surface area contributed by atoms with E-state index in [-0.39, 0.29) is 61.8 Å². The number of alkyl carbamates (subject to hydrolysis) is 2. The standard InChI is InChI=1S/C17H27NO5.C10H17NO5.2H2/c1-2-16(19)22-8-6-21-7-9-23-17(20)18-12-15-11-13-4-3-5-14(15)10-13;1-3-9(12)15-7-5-14-6-8-16-10(13)11-4-2;;/h2,13-15H,1,3-12H2,(H,18,20);3H,1,4-8H2,2H3,(H,11,13);2*1H. The van der Waals surface area contributed by atoms with E-state index in [0.29, 0.717) is 12.5 Å². The summed E-state index contributed by atoms with van der Waals surface area (Å²) < 4.78 is 29.4. The molecule has 226 valence electrons. The summed E-state index contributed by atoms with van der Waals surface area (Å²) in [5.41, 5.74) is 0. The Morgan fingerprint density at radius 2 is 1.26 bits per heavy atom. The van der Waals surface area contributed by atoms with Gasteiger partial charge in [0.25, 0.3) is 0 Å². The number of hydrogen-bond acceptors (Lipinski definition) is 10. The molecule has 2 saturated carbocycles. The molecule has 0 heterocycles. The Labute approximate surface area is 233 Å². The molecule has 0 aromatic heterocycles. The normalized spacial score (nSPS) is 18.9. The molecule has 12 nitrogen and oxygen atoms in total. The number of hydrogen-bond donors (Lipinski definition) is 2. The second kappa shape index (κ2) is 21.8. The van der Waals surface area contributed by atoms with Crippen LogP contribution < -0.4 is 10.6 Å². The lowest BCUT2D eigenvalue weighted by Gasteiger charge is -2.21. The number of carbonyl (C=O) groups is 4. The molecule has 0 aliphatic heterocycles. The van der Waals surface area contributed by atoms with Crippen LogP contribution in [-0.2, 0) is 38.0 Å².